The molecule has 0 aliphatic heterocycles. The Hall–Kier alpha value is -3.36. The average molecular weight is 570 g/mol. The Balaban J connectivity index is 1.84. The maximum Gasteiger partial charge on any atom is 0.243 e. The summed E-state index contributed by atoms with van der Waals surface area (Å²) in [4.78, 5) is 28.7. The quantitative estimate of drug-likeness (QED) is 0.294. The van der Waals surface area contributed by atoms with Gasteiger partial charge in [-0.15, -0.1) is 0 Å². The molecule has 3 rings (SSSR count). The molecule has 0 unspecified atom stereocenters. The number of sulfonamides is 1. The highest BCUT2D eigenvalue weighted by Gasteiger charge is 2.30. The van der Waals surface area contributed by atoms with Gasteiger partial charge in [0.1, 0.15) is 6.04 Å². The van der Waals surface area contributed by atoms with Crippen LogP contribution < -0.4 is 9.62 Å². The molecule has 3 aromatic carbocycles. The second-order valence-corrected chi connectivity index (χ2v) is 11.8. The Kier molecular flexibility index (Phi) is 11.4. The lowest BCUT2D eigenvalue weighted by atomic mass is 10.0. The van der Waals surface area contributed by atoms with E-state index < -0.39 is 16.1 Å². The molecule has 1 N–H and O–H groups in total. The minimum absolute atomic E-state index is 0.0821. The first kappa shape index (κ1) is 30.2. The van der Waals surface area contributed by atoms with Gasteiger partial charge < -0.3 is 10.2 Å². The van der Waals surface area contributed by atoms with E-state index >= 15 is 0 Å². The van der Waals surface area contributed by atoms with Gasteiger partial charge in [-0.3, -0.25) is 13.9 Å². The Morgan fingerprint density at radius 2 is 1.49 bits per heavy atom. The third-order valence-electron chi connectivity index (χ3n) is 6.28. The van der Waals surface area contributed by atoms with E-state index in [9.17, 15) is 18.0 Å². The second-order valence-electron chi connectivity index (χ2n) is 9.42. The zero-order valence-corrected chi connectivity index (χ0v) is 24.0. The molecule has 3 aromatic rings. The van der Waals surface area contributed by atoms with Crippen LogP contribution in [0.1, 0.15) is 37.3 Å². The molecule has 208 valence electrons. The fraction of sp³-hybridized carbons (Fsp3) is 0.333. The van der Waals surface area contributed by atoms with E-state index in [-0.39, 0.29) is 37.7 Å². The number of carbonyl (C=O) groups is 2. The van der Waals surface area contributed by atoms with Crippen molar-refractivity contribution in [1.82, 2.24) is 10.2 Å². The van der Waals surface area contributed by atoms with Crippen LogP contribution in [0.25, 0.3) is 0 Å². The number of anilines is 1. The van der Waals surface area contributed by atoms with E-state index in [4.69, 9.17) is 11.6 Å². The highest BCUT2D eigenvalue weighted by atomic mass is 35.5. The van der Waals surface area contributed by atoms with Crippen LogP contribution in [-0.2, 0) is 32.6 Å². The summed E-state index contributed by atoms with van der Waals surface area (Å²) in [5, 5.41) is 3.47. The molecule has 0 aromatic heterocycles. The first-order valence-corrected chi connectivity index (χ1v) is 15.3. The molecule has 1 atom stereocenters. The second kappa shape index (κ2) is 14.7. The number of amides is 2. The van der Waals surface area contributed by atoms with E-state index in [2.05, 4.69) is 5.32 Å². The van der Waals surface area contributed by atoms with E-state index in [0.717, 1.165) is 23.8 Å². The Labute approximate surface area is 236 Å². The van der Waals surface area contributed by atoms with Crippen molar-refractivity contribution in [2.75, 3.05) is 23.7 Å². The van der Waals surface area contributed by atoms with Crippen molar-refractivity contribution in [2.24, 2.45) is 0 Å². The average Bonchev–Trinajstić information content (AvgIpc) is 2.92. The van der Waals surface area contributed by atoms with Gasteiger partial charge in [0, 0.05) is 37.5 Å². The van der Waals surface area contributed by atoms with E-state index in [1.54, 1.807) is 29.2 Å². The largest absolute Gasteiger partial charge is 0.354 e. The van der Waals surface area contributed by atoms with Crippen LogP contribution in [0, 0.1) is 0 Å². The van der Waals surface area contributed by atoms with Crippen LogP contribution in [0.5, 0.6) is 0 Å². The fourth-order valence-corrected chi connectivity index (χ4v) is 5.40. The number of halogens is 1. The minimum atomic E-state index is -3.58. The number of benzene rings is 3. The smallest absolute Gasteiger partial charge is 0.243 e. The van der Waals surface area contributed by atoms with Crippen LogP contribution >= 0.6 is 11.6 Å². The van der Waals surface area contributed by atoms with Crippen LogP contribution in [0.3, 0.4) is 0 Å². The molecular formula is C30H36ClN3O4S. The van der Waals surface area contributed by atoms with Crippen molar-refractivity contribution < 1.29 is 18.0 Å². The number of nitrogens with zero attached hydrogens (tertiary/aromatic N) is 2. The maximum atomic E-state index is 13.7. The molecule has 0 aliphatic rings. The zero-order chi connectivity index (χ0) is 28.3. The zero-order valence-electron chi connectivity index (χ0n) is 22.4. The van der Waals surface area contributed by atoms with Gasteiger partial charge in [0.2, 0.25) is 21.8 Å². The lowest BCUT2D eigenvalue weighted by molar-refractivity contribution is -0.141. The lowest BCUT2D eigenvalue weighted by Crippen LogP contribution is -2.50. The van der Waals surface area contributed by atoms with Gasteiger partial charge in [0.15, 0.2) is 0 Å². The summed E-state index contributed by atoms with van der Waals surface area (Å²) < 4.78 is 26.3. The molecule has 0 heterocycles. The molecule has 0 saturated heterocycles. The van der Waals surface area contributed by atoms with Gasteiger partial charge in [-0.05, 0) is 48.2 Å². The normalized spacial score (nSPS) is 12.0. The maximum absolute atomic E-state index is 13.7. The van der Waals surface area contributed by atoms with Crippen molar-refractivity contribution in [3.8, 4) is 0 Å². The molecule has 0 saturated carbocycles. The molecule has 0 spiro atoms. The predicted molar refractivity (Wildman–Crippen MR) is 157 cm³/mol. The summed E-state index contributed by atoms with van der Waals surface area (Å²) >= 11 is 5.97. The van der Waals surface area contributed by atoms with E-state index in [1.165, 1.54) is 4.31 Å². The molecule has 0 bridgehead atoms. The number of hydrogen-bond acceptors (Lipinski definition) is 4. The molecule has 0 radical (unpaired) electrons. The highest BCUT2D eigenvalue weighted by Crippen LogP contribution is 2.22. The fourth-order valence-electron chi connectivity index (χ4n) is 4.31. The third-order valence-corrected chi connectivity index (χ3v) is 7.73. The van der Waals surface area contributed by atoms with Gasteiger partial charge in [0.05, 0.1) is 11.9 Å². The SMILES string of the molecule is CCCNC(=O)[C@@H](Cc1ccccc1)N(Cc1ccccc1)C(=O)CCCN(c1ccc(Cl)cc1)S(C)(=O)=O. The Morgan fingerprint density at radius 3 is 2.05 bits per heavy atom. The summed E-state index contributed by atoms with van der Waals surface area (Å²) in [6.07, 6.45) is 2.66. The van der Waals surface area contributed by atoms with Gasteiger partial charge in [-0.25, -0.2) is 8.42 Å². The Bertz CT molecular complexity index is 1300. The topological polar surface area (TPSA) is 86.8 Å². The van der Waals surface area contributed by atoms with Crippen molar-refractivity contribution in [3.63, 3.8) is 0 Å². The van der Waals surface area contributed by atoms with Crippen LogP contribution in [-0.4, -0.2) is 50.5 Å². The first-order chi connectivity index (χ1) is 18.7. The monoisotopic (exact) mass is 569 g/mol. The molecule has 7 nitrogen and oxygen atoms in total. The van der Waals surface area contributed by atoms with E-state index in [1.807, 2.05) is 67.6 Å². The third kappa shape index (κ3) is 9.41. The number of nitrogens with one attached hydrogen (secondary N) is 1. The molecule has 39 heavy (non-hydrogen) atoms. The number of hydrogen-bond donors (Lipinski definition) is 1. The predicted octanol–water partition coefficient (Wildman–Crippen LogP) is 5.05. The van der Waals surface area contributed by atoms with E-state index in [0.29, 0.717) is 23.7 Å². The lowest BCUT2D eigenvalue weighted by Gasteiger charge is -2.32. The van der Waals surface area contributed by atoms with Crippen LogP contribution in [0.4, 0.5) is 5.69 Å². The summed E-state index contributed by atoms with van der Waals surface area (Å²) in [5.41, 5.74) is 2.34. The number of rotatable bonds is 14. The van der Waals surface area contributed by atoms with Crippen LogP contribution in [0.15, 0.2) is 84.9 Å². The van der Waals surface area contributed by atoms with Crippen molar-refractivity contribution in [3.05, 3.63) is 101 Å². The van der Waals surface area contributed by atoms with Crippen LogP contribution in [0.2, 0.25) is 5.02 Å². The van der Waals surface area contributed by atoms with Gasteiger partial charge >= 0.3 is 0 Å². The highest BCUT2D eigenvalue weighted by molar-refractivity contribution is 7.92. The summed E-state index contributed by atoms with van der Waals surface area (Å²) in [5.74, 6) is -0.417. The molecule has 0 fully saturated rings. The standard InChI is InChI=1S/C30H36ClN3O4S/c1-3-20-32-30(36)28(22-24-11-6-4-7-12-24)33(23-25-13-8-5-9-14-25)29(35)15-10-21-34(39(2,37)38)27-18-16-26(31)17-19-27/h4-9,11-14,16-19,28H,3,10,15,20-23H2,1-2H3,(H,32,36)/t28-/m1/s1. The first-order valence-electron chi connectivity index (χ1n) is 13.1. The summed E-state index contributed by atoms with van der Waals surface area (Å²) in [6, 6.07) is 25.0. The van der Waals surface area contributed by atoms with Gasteiger partial charge in [-0.1, -0.05) is 79.2 Å². The molecule has 2 amide bonds. The van der Waals surface area contributed by atoms with Crippen molar-refractivity contribution >= 4 is 39.1 Å². The molecule has 0 aliphatic carbocycles. The summed E-state index contributed by atoms with van der Waals surface area (Å²) in [6.45, 7) is 2.88. The van der Waals surface area contributed by atoms with Crippen molar-refractivity contribution in [2.45, 2.75) is 45.2 Å². The summed E-state index contributed by atoms with van der Waals surface area (Å²) in [7, 11) is -3.58. The Morgan fingerprint density at radius 1 is 0.897 bits per heavy atom. The molecule has 9 heteroatoms. The minimum Gasteiger partial charge on any atom is -0.354 e. The van der Waals surface area contributed by atoms with Gasteiger partial charge in [0.25, 0.3) is 0 Å². The molecular weight excluding hydrogens is 534 g/mol. The van der Waals surface area contributed by atoms with Crippen molar-refractivity contribution in [1.29, 1.82) is 0 Å². The number of carbonyl (C=O) groups excluding carboxylic acids is 2. The van der Waals surface area contributed by atoms with Gasteiger partial charge in [-0.2, -0.15) is 0 Å².